The number of nitrogens with zero attached hydrogens (tertiary/aromatic N) is 3. The molecular weight excluding hydrogens is 354 g/mol. The summed E-state index contributed by atoms with van der Waals surface area (Å²) in [5.41, 5.74) is 3.34. The summed E-state index contributed by atoms with van der Waals surface area (Å²) in [5.74, 6) is -0.0104. The van der Waals surface area contributed by atoms with Crippen LogP contribution in [-0.2, 0) is 0 Å². The lowest BCUT2D eigenvalue weighted by Gasteiger charge is -2.13. The Labute approximate surface area is 163 Å². The number of Topliss-reactive ketones (excluding diaryl/α,β-unsaturated/α-hetero) is 1. The van der Waals surface area contributed by atoms with Crippen LogP contribution in [0.4, 0.5) is 23.0 Å². The van der Waals surface area contributed by atoms with Crippen LogP contribution in [0.1, 0.15) is 27.6 Å². The number of carbonyl (C=O) groups is 2. The van der Waals surface area contributed by atoms with Gasteiger partial charge in [0.25, 0.3) is 5.91 Å². The second-order valence-corrected chi connectivity index (χ2v) is 6.45. The first-order chi connectivity index (χ1) is 13.4. The Morgan fingerprint density at radius 1 is 0.893 bits per heavy atom. The number of hydrogen-bond acceptors (Lipinski definition) is 6. The molecule has 0 bridgehead atoms. The van der Waals surface area contributed by atoms with Crippen molar-refractivity contribution in [1.82, 2.24) is 9.97 Å². The first-order valence-electron chi connectivity index (χ1n) is 8.71. The predicted octanol–water partition coefficient (Wildman–Crippen LogP) is 3.74. The van der Waals surface area contributed by atoms with Crippen LogP contribution in [0.3, 0.4) is 0 Å². The number of nitrogens with one attached hydrogen (secondary N) is 2. The van der Waals surface area contributed by atoms with Crippen LogP contribution < -0.4 is 15.5 Å². The highest BCUT2D eigenvalue weighted by molar-refractivity contribution is 6.04. The average molecular weight is 375 g/mol. The number of anilines is 4. The summed E-state index contributed by atoms with van der Waals surface area (Å²) in [5, 5.41) is 5.84. The minimum absolute atomic E-state index is 0.0616. The number of amides is 1. The maximum atomic E-state index is 12.4. The molecule has 0 aliphatic heterocycles. The number of ketones is 1. The van der Waals surface area contributed by atoms with Gasteiger partial charge >= 0.3 is 0 Å². The van der Waals surface area contributed by atoms with Gasteiger partial charge in [0.2, 0.25) is 5.95 Å². The fourth-order valence-electron chi connectivity index (χ4n) is 2.50. The fraction of sp³-hybridized carbons (Fsp3) is 0.143. The van der Waals surface area contributed by atoms with Gasteiger partial charge in [0.05, 0.1) is 5.56 Å². The molecule has 0 atom stereocenters. The van der Waals surface area contributed by atoms with E-state index in [0.717, 1.165) is 11.4 Å². The predicted molar refractivity (Wildman–Crippen MR) is 110 cm³/mol. The minimum Gasteiger partial charge on any atom is -0.378 e. The molecule has 2 N–H and O–H groups in total. The van der Waals surface area contributed by atoms with Gasteiger partial charge in [-0.3, -0.25) is 9.59 Å². The third-order valence-corrected chi connectivity index (χ3v) is 4.08. The summed E-state index contributed by atoms with van der Waals surface area (Å²) in [6.07, 6.45) is 2.90. The Balaban J connectivity index is 1.65. The van der Waals surface area contributed by atoms with Crippen LogP contribution in [0.25, 0.3) is 0 Å². The van der Waals surface area contributed by atoms with Gasteiger partial charge in [-0.2, -0.15) is 0 Å². The van der Waals surface area contributed by atoms with Crippen LogP contribution >= 0.6 is 0 Å². The van der Waals surface area contributed by atoms with Crippen molar-refractivity contribution < 1.29 is 9.59 Å². The normalized spacial score (nSPS) is 10.2. The highest BCUT2D eigenvalue weighted by Crippen LogP contribution is 2.18. The monoisotopic (exact) mass is 375 g/mol. The van der Waals surface area contributed by atoms with E-state index in [4.69, 9.17) is 0 Å². The summed E-state index contributed by atoms with van der Waals surface area (Å²) in [4.78, 5) is 34.2. The smallest absolute Gasteiger partial charge is 0.258 e. The molecule has 142 valence electrons. The molecule has 7 nitrogen and oxygen atoms in total. The Hall–Kier alpha value is -3.74. The first-order valence-corrected chi connectivity index (χ1v) is 8.71. The molecule has 0 spiro atoms. The van der Waals surface area contributed by atoms with Gasteiger partial charge in [0, 0.05) is 49.1 Å². The van der Waals surface area contributed by atoms with Crippen LogP contribution in [0.2, 0.25) is 0 Å². The van der Waals surface area contributed by atoms with E-state index in [1.54, 1.807) is 24.3 Å². The number of carbonyl (C=O) groups excluding carboxylic acids is 2. The van der Waals surface area contributed by atoms with Crippen LogP contribution in [-0.4, -0.2) is 35.8 Å². The fourth-order valence-corrected chi connectivity index (χ4v) is 2.50. The molecule has 3 aromatic rings. The van der Waals surface area contributed by atoms with Gasteiger partial charge in [-0.05, 0) is 43.3 Å². The topological polar surface area (TPSA) is 87.2 Å². The molecule has 0 saturated heterocycles. The number of rotatable bonds is 6. The van der Waals surface area contributed by atoms with Gasteiger partial charge in [-0.25, -0.2) is 9.97 Å². The largest absolute Gasteiger partial charge is 0.378 e. The van der Waals surface area contributed by atoms with E-state index in [1.807, 2.05) is 43.3 Å². The second kappa shape index (κ2) is 8.30. The maximum absolute atomic E-state index is 12.4. The van der Waals surface area contributed by atoms with E-state index in [-0.39, 0.29) is 11.7 Å². The molecule has 1 aromatic heterocycles. The number of aromatic nitrogens is 2. The minimum atomic E-state index is -0.345. The molecule has 0 fully saturated rings. The SMILES string of the molecule is CC(=O)c1cccc(NC(=O)c2cnc(Nc3ccc(N(C)C)cc3)nc2)c1. The zero-order valence-electron chi connectivity index (χ0n) is 15.9. The molecule has 3 rings (SSSR count). The summed E-state index contributed by atoms with van der Waals surface area (Å²) < 4.78 is 0. The standard InChI is InChI=1S/C21H21N5O2/c1-14(27)15-5-4-6-18(11-15)24-20(28)16-12-22-21(23-13-16)25-17-7-9-19(10-8-17)26(2)3/h4-13H,1-3H3,(H,24,28)(H,22,23,25). The molecule has 0 aliphatic carbocycles. The first kappa shape index (κ1) is 19.0. The highest BCUT2D eigenvalue weighted by atomic mass is 16.1. The zero-order chi connectivity index (χ0) is 20.1. The summed E-state index contributed by atoms with van der Waals surface area (Å²) in [6, 6.07) is 14.6. The van der Waals surface area contributed by atoms with Crippen molar-refractivity contribution in [2.75, 3.05) is 29.6 Å². The van der Waals surface area contributed by atoms with E-state index in [0.29, 0.717) is 22.8 Å². The maximum Gasteiger partial charge on any atom is 0.258 e. The molecule has 1 amide bonds. The molecule has 0 radical (unpaired) electrons. The quantitative estimate of drug-likeness (QED) is 0.638. The van der Waals surface area contributed by atoms with Crippen LogP contribution in [0.15, 0.2) is 60.9 Å². The van der Waals surface area contributed by atoms with Gasteiger partial charge in [0.15, 0.2) is 5.78 Å². The van der Waals surface area contributed by atoms with E-state index in [2.05, 4.69) is 20.6 Å². The molecule has 0 saturated carbocycles. The Morgan fingerprint density at radius 3 is 2.18 bits per heavy atom. The third kappa shape index (κ3) is 4.70. The molecular formula is C21H21N5O2. The highest BCUT2D eigenvalue weighted by Gasteiger charge is 2.09. The van der Waals surface area contributed by atoms with Gasteiger partial charge in [-0.1, -0.05) is 12.1 Å². The summed E-state index contributed by atoms with van der Waals surface area (Å²) in [7, 11) is 3.96. The Bertz CT molecular complexity index is 982. The third-order valence-electron chi connectivity index (χ3n) is 4.08. The van der Waals surface area contributed by atoms with Crippen molar-refractivity contribution in [3.8, 4) is 0 Å². The van der Waals surface area contributed by atoms with E-state index >= 15 is 0 Å². The Morgan fingerprint density at radius 2 is 1.57 bits per heavy atom. The summed E-state index contributed by atoms with van der Waals surface area (Å²) >= 11 is 0. The van der Waals surface area contributed by atoms with Gasteiger partial charge < -0.3 is 15.5 Å². The van der Waals surface area contributed by atoms with Gasteiger partial charge in [-0.15, -0.1) is 0 Å². The van der Waals surface area contributed by atoms with Crippen molar-refractivity contribution in [1.29, 1.82) is 0 Å². The zero-order valence-corrected chi connectivity index (χ0v) is 15.9. The van der Waals surface area contributed by atoms with Crippen molar-refractivity contribution in [3.63, 3.8) is 0 Å². The van der Waals surface area contributed by atoms with E-state index in [9.17, 15) is 9.59 Å². The van der Waals surface area contributed by atoms with Crippen LogP contribution in [0, 0.1) is 0 Å². The van der Waals surface area contributed by atoms with Crippen molar-refractivity contribution >= 4 is 34.7 Å². The van der Waals surface area contributed by atoms with Gasteiger partial charge in [0.1, 0.15) is 0 Å². The molecule has 0 unspecified atom stereocenters. The molecule has 2 aromatic carbocycles. The van der Waals surface area contributed by atoms with E-state index in [1.165, 1.54) is 19.3 Å². The Kier molecular flexibility index (Phi) is 5.64. The molecule has 28 heavy (non-hydrogen) atoms. The lowest BCUT2D eigenvalue weighted by Crippen LogP contribution is -2.13. The van der Waals surface area contributed by atoms with Crippen LogP contribution in [0.5, 0.6) is 0 Å². The molecule has 0 aliphatic rings. The lowest BCUT2D eigenvalue weighted by atomic mass is 10.1. The molecule has 1 heterocycles. The van der Waals surface area contributed by atoms with Crippen molar-refractivity contribution in [2.45, 2.75) is 6.92 Å². The van der Waals surface area contributed by atoms with E-state index < -0.39 is 0 Å². The van der Waals surface area contributed by atoms with Crippen molar-refractivity contribution in [2.24, 2.45) is 0 Å². The number of benzene rings is 2. The average Bonchev–Trinajstić information content (AvgIpc) is 2.69. The lowest BCUT2D eigenvalue weighted by molar-refractivity contribution is 0.101. The molecule has 7 heteroatoms. The van der Waals surface area contributed by atoms with Crippen molar-refractivity contribution in [3.05, 3.63) is 72.1 Å². The number of hydrogen-bond donors (Lipinski definition) is 2. The second-order valence-electron chi connectivity index (χ2n) is 6.45. The summed E-state index contributed by atoms with van der Waals surface area (Å²) in [6.45, 7) is 1.48.